The number of nitrogens with zero attached hydrogens (tertiary/aromatic N) is 5. The van der Waals surface area contributed by atoms with Gasteiger partial charge in [-0.15, -0.1) is 0 Å². The Balaban J connectivity index is 0.000000296. The Morgan fingerprint density at radius 1 is 0.370 bits per heavy atom. The second kappa shape index (κ2) is 43.6. The molecule has 3 saturated heterocycles. The molecule has 3 aliphatic rings. The highest BCUT2D eigenvalue weighted by Gasteiger charge is 2.28. The zero-order chi connectivity index (χ0) is 66.1. The van der Waals surface area contributed by atoms with Crippen molar-refractivity contribution in [3.63, 3.8) is 0 Å². The molecule has 3 amide bonds. The molecular formula is C70H106N10O12. The van der Waals surface area contributed by atoms with Crippen molar-refractivity contribution >= 4 is 36.2 Å². The molecule has 7 rings (SSSR count). The van der Waals surface area contributed by atoms with Gasteiger partial charge in [0.2, 0.25) is 0 Å². The van der Waals surface area contributed by atoms with Crippen LogP contribution in [-0.2, 0) is 69.2 Å². The number of carbonyl (C=O) groups is 6. The maximum absolute atomic E-state index is 13.4. The lowest BCUT2D eigenvalue weighted by Gasteiger charge is -2.34. The standard InChI is InChI=1S/C36H52N4O8.C25H33N3O4.C9H21N3/c1-35(2,3)47-31(41)25-37-17-21-39(33(43)45-27-29-13-9-7-10-14-29)23-19-38(26-32(42)48-36(4,5)6)20-24-40(22-18-37)34(44)46-28-30-15-11-8-12-16-30;29-24(31-19-21-10-4-1-5-11-21)23-18-26-15-17-28(16-9-3-8-14-27-23)25(30)32-20-22-12-6-2-7-13-22;1-2-4-10-6-8-12-9-7-11-5-3-1/h7-16H,17-28H2,1-6H3;1-2,4-7,10-13,23,26-27H,3,8-9,14-20H2;10-12H,1-9H2. The SMILES string of the molecule is C1CCNCCNCCNCC1.CC(C)(C)OC(=O)CN1CCN(C(=O)OCc2ccccc2)CCN(CC(=O)OC(C)(C)C)CCN(C(=O)OCc2ccccc2)CC1.O=C(OCc1ccccc1)C1CNCCN(C(=O)OCc2ccccc2)CCCCCN1. The first-order valence-electron chi connectivity index (χ1n) is 32.9. The molecule has 1 unspecified atom stereocenters. The first-order chi connectivity index (χ1) is 44.4. The van der Waals surface area contributed by atoms with E-state index >= 15 is 0 Å². The molecule has 92 heavy (non-hydrogen) atoms. The van der Waals surface area contributed by atoms with Gasteiger partial charge in [-0.05, 0) is 109 Å². The van der Waals surface area contributed by atoms with E-state index in [9.17, 15) is 28.8 Å². The molecule has 5 N–H and O–H groups in total. The molecule has 508 valence electrons. The third-order valence-corrected chi connectivity index (χ3v) is 14.8. The van der Waals surface area contributed by atoms with Gasteiger partial charge < -0.3 is 69.7 Å². The Kier molecular flexibility index (Phi) is 35.8. The average molecular weight is 1280 g/mol. The Morgan fingerprint density at radius 3 is 1.09 bits per heavy atom. The zero-order valence-corrected chi connectivity index (χ0v) is 55.7. The van der Waals surface area contributed by atoms with Crippen LogP contribution in [-0.4, -0.2) is 215 Å². The van der Waals surface area contributed by atoms with Crippen molar-refractivity contribution in [3.05, 3.63) is 144 Å². The van der Waals surface area contributed by atoms with Gasteiger partial charge in [0.1, 0.15) is 43.7 Å². The molecule has 0 radical (unpaired) electrons. The molecule has 3 aliphatic heterocycles. The van der Waals surface area contributed by atoms with Crippen LogP contribution >= 0.6 is 0 Å². The van der Waals surface area contributed by atoms with E-state index in [2.05, 4.69) is 26.6 Å². The van der Waals surface area contributed by atoms with Crippen LogP contribution < -0.4 is 26.6 Å². The normalized spacial score (nSPS) is 17.7. The van der Waals surface area contributed by atoms with E-state index < -0.39 is 41.4 Å². The maximum atomic E-state index is 13.4. The minimum Gasteiger partial charge on any atom is -0.460 e. The number of esters is 3. The van der Waals surface area contributed by atoms with E-state index in [1.165, 1.54) is 32.4 Å². The summed E-state index contributed by atoms with van der Waals surface area (Å²) in [4.78, 5) is 86.3. The fourth-order valence-electron chi connectivity index (χ4n) is 9.83. The van der Waals surface area contributed by atoms with E-state index in [0.29, 0.717) is 52.4 Å². The highest BCUT2D eigenvalue weighted by molar-refractivity contribution is 5.76. The van der Waals surface area contributed by atoms with E-state index in [0.717, 1.165) is 74.2 Å². The van der Waals surface area contributed by atoms with Gasteiger partial charge in [-0.25, -0.2) is 14.4 Å². The summed E-state index contributed by atoms with van der Waals surface area (Å²) in [5.41, 5.74) is 2.32. The molecule has 4 aromatic carbocycles. The predicted molar refractivity (Wildman–Crippen MR) is 356 cm³/mol. The Morgan fingerprint density at radius 2 is 0.707 bits per heavy atom. The first kappa shape index (κ1) is 75.5. The van der Waals surface area contributed by atoms with Gasteiger partial charge in [0, 0.05) is 105 Å². The summed E-state index contributed by atoms with van der Waals surface area (Å²) >= 11 is 0. The summed E-state index contributed by atoms with van der Waals surface area (Å²) < 4.78 is 33.5. The largest absolute Gasteiger partial charge is 0.460 e. The van der Waals surface area contributed by atoms with Crippen LogP contribution in [0.5, 0.6) is 0 Å². The lowest BCUT2D eigenvalue weighted by Crippen LogP contribution is -2.50. The molecule has 4 aromatic rings. The van der Waals surface area contributed by atoms with Crippen molar-refractivity contribution in [3.8, 4) is 0 Å². The smallest absolute Gasteiger partial charge is 0.410 e. The van der Waals surface area contributed by atoms with Gasteiger partial charge in [0.25, 0.3) is 0 Å². The lowest BCUT2D eigenvalue weighted by atomic mass is 10.2. The van der Waals surface area contributed by atoms with Gasteiger partial charge in [-0.2, -0.15) is 0 Å². The van der Waals surface area contributed by atoms with Gasteiger partial charge in [0.15, 0.2) is 0 Å². The Labute approximate surface area is 547 Å². The van der Waals surface area contributed by atoms with Gasteiger partial charge in [-0.3, -0.25) is 24.2 Å². The quantitative estimate of drug-likeness (QED) is 0.0640. The molecule has 0 saturated carbocycles. The number of amides is 3. The number of nitrogens with one attached hydrogen (secondary N) is 5. The number of carbonyl (C=O) groups excluding carboxylic acids is 6. The summed E-state index contributed by atoms with van der Waals surface area (Å²) in [6.45, 7) is 23.5. The van der Waals surface area contributed by atoms with Crippen LogP contribution in [0.15, 0.2) is 121 Å². The molecule has 22 nitrogen and oxygen atoms in total. The van der Waals surface area contributed by atoms with Gasteiger partial charge in [-0.1, -0.05) is 134 Å². The summed E-state index contributed by atoms with van der Waals surface area (Å²) in [5, 5.41) is 16.8. The average Bonchev–Trinajstić information content (AvgIpc) is 2.33. The van der Waals surface area contributed by atoms with Crippen LogP contribution in [0, 0.1) is 0 Å². The topological polar surface area (TPSA) is 234 Å². The number of hydrogen-bond acceptors (Lipinski definition) is 19. The fraction of sp³-hybridized carbons (Fsp3) is 0.571. The third kappa shape index (κ3) is 34.5. The summed E-state index contributed by atoms with van der Waals surface area (Å²) in [5.74, 6) is -1.08. The van der Waals surface area contributed by atoms with E-state index in [4.69, 9.17) is 28.4 Å². The predicted octanol–water partition coefficient (Wildman–Crippen LogP) is 7.60. The molecule has 3 fully saturated rings. The van der Waals surface area contributed by atoms with Crippen molar-refractivity contribution in [2.24, 2.45) is 0 Å². The number of rotatable bonds is 13. The third-order valence-electron chi connectivity index (χ3n) is 14.8. The monoisotopic (exact) mass is 1280 g/mol. The van der Waals surface area contributed by atoms with E-state index in [-0.39, 0.29) is 77.8 Å². The van der Waals surface area contributed by atoms with Crippen molar-refractivity contribution < 1.29 is 57.2 Å². The highest BCUT2D eigenvalue weighted by atomic mass is 16.6. The van der Waals surface area contributed by atoms with Crippen molar-refractivity contribution in [1.29, 1.82) is 0 Å². The minimum absolute atomic E-state index is 0.0259. The van der Waals surface area contributed by atoms with Gasteiger partial charge in [0.05, 0.1) is 13.1 Å². The van der Waals surface area contributed by atoms with Gasteiger partial charge >= 0.3 is 36.2 Å². The molecule has 0 aliphatic carbocycles. The second-order valence-electron chi connectivity index (χ2n) is 25.0. The molecule has 3 heterocycles. The highest BCUT2D eigenvalue weighted by Crippen LogP contribution is 2.14. The number of ether oxygens (including phenoxy) is 6. The summed E-state index contributed by atoms with van der Waals surface area (Å²) in [7, 11) is 0. The summed E-state index contributed by atoms with van der Waals surface area (Å²) in [6.07, 6.45) is 5.48. The molecular weight excluding hydrogens is 1170 g/mol. The molecule has 1 atom stereocenters. The van der Waals surface area contributed by atoms with Crippen LogP contribution in [0.2, 0.25) is 0 Å². The van der Waals surface area contributed by atoms with Crippen LogP contribution in [0.4, 0.5) is 14.4 Å². The fourth-order valence-corrected chi connectivity index (χ4v) is 9.83. The minimum atomic E-state index is -0.665. The molecule has 0 aromatic heterocycles. The van der Waals surface area contributed by atoms with Crippen LogP contribution in [0.3, 0.4) is 0 Å². The van der Waals surface area contributed by atoms with Crippen molar-refractivity contribution in [2.75, 3.05) is 137 Å². The number of hydrogen-bond donors (Lipinski definition) is 5. The van der Waals surface area contributed by atoms with Crippen molar-refractivity contribution in [1.82, 2.24) is 51.1 Å². The molecule has 0 spiro atoms. The van der Waals surface area contributed by atoms with E-state index in [1.807, 2.05) is 131 Å². The first-order valence-corrected chi connectivity index (χ1v) is 32.9. The number of benzene rings is 4. The summed E-state index contributed by atoms with van der Waals surface area (Å²) in [6, 6.07) is 37.7. The Hall–Kier alpha value is -7.18. The van der Waals surface area contributed by atoms with E-state index in [1.54, 1.807) is 56.2 Å². The Bertz CT molecular complexity index is 2460. The van der Waals surface area contributed by atoms with Crippen LogP contribution in [0.25, 0.3) is 0 Å². The second-order valence-corrected chi connectivity index (χ2v) is 25.0. The molecule has 0 bridgehead atoms. The van der Waals surface area contributed by atoms with Crippen molar-refractivity contribution in [2.45, 2.75) is 124 Å². The van der Waals surface area contributed by atoms with Crippen LogP contribution in [0.1, 0.15) is 102 Å². The maximum Gasteiger partial charge on any atom is 0.410 e. The zero-order valence-electron chi connectivity index (χ0n) is 55.7. The lowest BCUT2D eigenvalue weighted by molar-refractivity contribution is -0.157. The molecule has 22 heteroatoms.